The zero-order valence-electron chi connectivity index (χ0n) is 18.1. The van der Waals surface area contributed by atoms with Crippen LogP contribution in [0.4, 0.5) is 0 Å². The summed E-state index contributed by atoms with van der Waals surface area (Å²) in [6.45, 7) is 5.98. The standard InChI is InChI=1S/C26H30N2O3/c1-4-5-7-10-20(2)17-24(26(30)27-19-22-11-8-6-9-12-22)28-25(29)18-21-13-15-23(31-3)16-14-21/h4-16,24H,1,17-19H2,2-3H3,(H,27,30)(H,28,29). The van der Waals surface area contributed by atoms with E-state index < -0.39 is 6.04 Å². The van der Waals surface area contributed by atoms with Gasteiger partial charge in [-0.05, 0) is 36.6 Å². The topological polar surface area (TPSA) is 67.4 Å². The molecule has 0 aliphatic carbocycles. The second-order valence-electron chi connectivity index (χ2n) is 7.19. The van der Waals surface area contributed by atoms with Crippen LogP contribution in [0.2, 0.25) is 0 Å². The number of carbonyl (C=O) groups is 2. The molecule has 0 heterocycles. The Labute approximate surface area is 184 Å². The highest BCUT2D eigenvalue weighted by molar-refractivity contribution is 5.88. The monoisotopic (exact) mass is 418 g/mol. The van der Waals surface area contributed by atoms with Gasteiger partial charge < -0.3 is 15.4 Å². The summed E-state index contributed by atoms with van der Waals surface area (Å²) in [4.78, 5) is 25.5. The molecule has 0 spiro atoms. The summed E-state index contributed by atoms with van der Waals surface area (Å²) in [6.07, 6.45) is 7.87. The number of allylic oxidation sites excluding steroid dienone is 4. The Morgan fingerprint density at radius 1 is 1.03 bits per heavy atom. The molecule has 0 fully saturated rings. The van der Waals surface area contributed by atoms with Crippen LogP contribution < -0.4 is 15.4 Å². The van der Waals surface area contributed by atoms with Gasteiger partial charge in [-0.2, -0.15) is 0 Å². The molecule has 2 amide bonds. The summed E-state index contributed by atoms with van der Waals surface area (Å²) < 4.78 is 5.15. The first-order valence-electron chi connectivity index (χ1n) is 10.2. The van der Waals surface area contributed by atoms with Crippen LogP contribution in [0.3, 0.4) is 0 Å². The number of amides is 2. The number of hydrogen-bond acceptors (Lipinski definition) is 3. The fourth-order valence-corrected chi connectivity index (χ4v) is 2.98. The third kappa shape index (κ3) is 8.74. The highest BCUT2D eigenvalue weighted by Gasteiger charge is 2.21. The molecule has 1 atom stereocenters. The molecule has 31 heavy (non-hydrogen) atoms. The smallest absolute Gasteiger partial charge is 0.243 e. The van der Waals surface area contributed by atoms with Crippen molar-refractivity contribution in [1.29, 1.82) is 0 Å². The van der Waals surface area contributed by atoms with E-state index in [-0.39, 0.29) is 18.2 Å². The number of hydrogen-bond donors (Lipinski definition) is 2. The van der Waals surface area contributed by atoms with Crippen LogP contribution >= 0.6 is 0 Å². The van der Waals surface area contributed by atoms with Crippen molar-refractivity contribution in [3.63, 3.8) is 0 Å². The molecule has 2 N–H and O–H groups in total. The fraction of sp³-hybridized carbons (Fsp3) is 0.231. The minimum absolute atomic E-state index is 0.186. The van der Waals surface area contributed by atoms with Crippen molar-refractivity contribution < 1.29 is 14.3 Å². The van der Waals surface area contributed by atoms with Crippen LogP contribution in [-0.2, 0) is 22.6 Å². The zero-order valence-corrected chi connectivity index (χ0v) is 18.1. The van der Waals surface area contributed by atoms with Crippen LogP contribution in [0.15, 0.2) is 91.1 Å². The first-order valence-corrected chi connectivity index (χ1v) is 10.2. The van der Waals surface area contributed by atoms with Crippen molar-refractivity contribution in [3.05, 3.63) is 102 Å². The Morgan fingerprint density at radius 2 is 1.74 bits per heavy atom. The molecule has 5 nitrogen and oxygen atoms in total. The third-order valence-electron chi connectivity index (χ3n) is 4.64. The van der Waals surface area contributed by atoms with E-state index >= 15 is 0 Å². The Balaban J connectivity index is 2.04. The quantitative estimate of drug-likeness (QED) is 0.540. The second kappa shape index (κ2) is 12.9. The fourth-order valence-electron chi connectivity index (χ4n) is 2.98. The second-order valence-corrected chi connectivity index (χ2v) is 7.19. The molecule has 0 saturated heterocycles. The molecule has 162 valence electrons. The molecule has 0 aliphatic heterocycles. The van der Waals surface area contributed by atoms with E-state index in [9.17, 15) is 9.59 Å². The highest BCUT2D eigenvalue weighted by Crippen LogP contribution is 2.12. The van der Waals surface area contributed by atoms with Gasteiger partial charge in [0.25, 0.3) is 0 Å². The first kappa shape index (κ1) is 23.7. The van der Waals surface area contributed by atoms with Gasteiger partial charge in [0.1, 0.15) is 11.8 Å². The van der Waals surface area contributed by atoms with Gasteiger partial charge in [-0.3, -0.25) is 9.59 Å². The summed E-state index contributed by atoms with van der Waals surface area (Å²) in [5.74, 6) is 0.308. The molecule has 0 aromatic heterocycles. The maximum Gasteiger partial charge on any atom is 0.243 e. The summed E-state index contributed by atoms with van der Waals surface area (Å²) >= 11 is 0. The average Bonchev–Trinajstić information content (AvgIpc) is 2.78. The maximum absolute atomic E-state index is 12.8. The van der Waals surface area contributed by atoms with Crippen molar-refractivity contribution in [3.8, 4) is 5.75 Å². The Morgan fingerprint density at radius 3 is 2.39 bits per heavy atom. The van der Waals surface area contributed by atoms with Crippen LogP contribution in [-0.4, -0.2) is 25.0 Å². The van der Waals surface area contributed by atoms with E-state index in [2.05, 4.69) is 17.2 Å². The SMILES string of the molecule is C=CC=CC=C(C)CC(NC(=O)Cc1ccc(OC)cc1)C(=O)NCc1ccccc1. The molecule has 1 unspecified atom stereocenters. The van der Waals surface area contributed by atoms with Gasteiger partial charge in [-0.15, -0.1) is 0 Å². The molecule has 0 radical (unpaired) electrons. The van der Waals surface area contributed by atoms with Crippen molar-refractivity contribution in [2.75, 3.05) is 7.11 Å². The number of benzene rings is 2. The van der Waals surface area contributed by atoms with Gasteiger partial charge in [0.05, 0.1) is 13.5 Å². The molecule has 0 saturated carbocycles. The van der Waals surface area contributed by atoms with E-state index in [1.165, 1.54) is 0 Å². The van der Waals surface area contributed by atoms with Gasteiger partial charge >= 0.3 is 0 Å². The largest absolute Gasteiger partial charge is 0.497 e. The molecule has 2 aromatic carbocycles. The van der Waals surface area contributed by atoms with Crippen LogP contribution in [0.5, 0.6) is 5.75 Å². The summed E-state index contributed by atoms with van der Waals surface area (Å²) in [7, 11) is 1.60. The lowest BCUT2D eigenvalue weighted by atomic mass is 10.0. The molecular weight excluding hydrogens is 388 g/mol. The Kier molecular flexibility index (Phi) is 9.82. The van der Waals surface area contributed by atoms with E-state index in [0.717, 1.165) is 22.4 Å². The lowest BCUT2D eigenvalue weighted by Gasteiger charge is -2.19. The predicted molar refractivity (Wildman–Crippen MR) is 125 cm³/mol. The lowest BCUT2D eigenvalue weighted by Crippen LogP contribution is -2.47. The minimum Gasteiger partial charge on any atom is -0.497 e. The van der Waals surface area contributed by atoms with E-state index in [0.29, 0.717) is 13.0 Å². The highest BCUT2D eigenvalue weighted by atomic mass is 16.5. The Bertz CT molecular complexity index is 915. The predicted octanol–water partition coefficient (Wildman–Crippen LogP) is 4.12. The third-order valence-corrected chi connectivity index (χ3v) is 4.64. The Hall–Kier alpha value is -3.60. The number of ether oxygens (including phenoxy) is 1. The zero-order chi connectivity index (χ0) is 22.5. The normalized spacial score (nSPS) is 12.3. The average molecular weight is 419 g/mol. The van der Waals surface area contributed by atoms with Crippen molar-refractivity contribution >= 4 is 11.8 Å². The van der Waals surface area contributed by atoms with E-state index in [1.54, 1.807) is 13.2 Å². The summed E-state index contributed by atoms with van der Waals surface area (Å²) in [5, 5.41) is 5.81. The summed E-state index contributed by atoms with van der Waals surface area (Å²) in [6, 6.07) is 16.3. The van der Waals surface area contributed by atoms with Gasteiger partial charge in [0.15, 0.2) is 0 Å². The van der Waals surface area contributed by atoms with Gasteiger partial charge in [-0.25, -0.2) is 0 Å². The molecular formula is C26H30N2O3. The molecule has 0 aliphatic rings. The van der Waals surface area contributed by atoms with Crippen molar-refractivity contribution in [2.24, 2.45) is 0 Å². The number of nitrogens with one attached hydrogen (secondary N) is 2. The maximum atomic E-state index is 12.8. The van der Waals surface area contributed by atoms with Crippen molar-refractivity contribution in [2.45, 2.75) is 32.4 Å². The lowest BCUT2D eigenvalue weighted by molar-refractivity contribution is -0.128. The first-order chi connectivity index (χ1) is 15.0. The molecule has 2 aromatic rings. The van der Waals surface area contributed by atoms with Gasteiger partial charge in [-0.1, -0.05) is 78.9 Å². The number of methoxy groups -OCH3 is 1. The van der Waals surface area contributed by atoms with E-state index in [4.69, 9.17) is 4.74 Å². The number of rotatable bonds is 11. The van der Waals surface area contributed by atoms with E-state index in [1.807, 2.05) is 79.7 Å². The molecule has 5 heteroatoms. The van der Waals surface area contributed by atoms with Crippen LogP contribution in [0.1, 0.15) is 24.5 Å². The van der Waals surface area contributed by atoms with Gasteiger partial charge in [0.2, 0.25) is 11.8 Å². The minimum atomic E-state index is -0.664. The van der Waals surface area contributed by atoms with Gasteiger partial charge in [0, 0.05) is 6.54 Å². The summed E-state index contributed by atoms with van der Waals surface area (Å²) in [5.41, 5.74) is 2.82. The van der Waals surface area contributed by atoms with Crippen molar-refractivity contribution in [1.82, 2.24) is 10.6 Å². The number of carbonyl (C=O) groups excluding carboxylic acids is 2. The molecule has 0 bridgehead atoms. The molecule has 2 rings (SSSR count). The van der Waals surface area contributed by atoms with Crippen LogP contribution in [0, 0.1) is 0 Å². The van der Waals surface area contributed by atoms with Crippen LogP contribution in [0.25, 0.3) is 0 Å².